The molecule has 0 aliphatic heterocycles. The van der Waals surface area contributed by atoms with Crippen molar-refractivity contribution in [2.24, 2.45) is 0 Å². The van der Waals surface area contributed by atoms with E-state index in [1.54, 1.807) is 20.8 Å². The minimum atomic E-state index is -0.702. The van der Waals surface area contributed by atoms with Crippen LogP contribution in [0.3, 0.4) is 0 Å². The quantitative estimate of drug-likeness (QED) is 0.802. The van der Waals surface area contributed by atoms with Crippen molar-refractivity contribution in [3.63, 3.8) is 0 Å². The molecule has 0 spiro atoms. The Morgan fingerprint density at radius 1 is 1.17 bits per heavy atom. The second-order valence-corrected chi connectivity index (χ2v) is 6.51. The summed E-state index contributed by atoms with van der Waals surface area (Å²) in [6.45, 7) is 8.04. The molecule has 1 aromatic rings. The second-order valence-electron chi connectivity index (χ2n) is 6.51. The van der Waals surface area contributed by atoms with Gasteiger partial charge in [0, 0.05) is 13.5 Å². The maximum absolute atomic E-state index is 12.0. The number of benzene rings is 1. The normalized spacial score (nSPS) is 12.2. The number of likely N-dealkylation sites (N-methyl/N-ethyl adjacent to an activating group) is 1. The average molecular weight is 336 g/mol. The maximum atomic E-state index is 12.0. The van der Waals surface area contributed by atoms with E-state index in [2.05, 4.69) is 10.6 Å². The number of alkyl carbamates (subject to hydrolysis) is 1. The Kier molecular flexibility index (Phi) is 7.55. The molecule has 0 aliphatic carbocycles. The molecule has 0 heterocycles. The monoisotopic (exact) mass is 336 g/mol. The minimum Gasteiger partial charge on any atom is -0.494 e. The third-order valence-electron chi connectivity index (χ3n) is 3.09. The van der Waals surface area contributed by atoms with Crippen molar-refractivity contribution < 1.29 is 19.1 Å². The van der Waals surface area contributed by atoms with Crippen molar-refractivity contribution >= 4 is 12.0 Å². The summed E-state index contributed by atoms with van der Waals surface area (Å²) in [5, 5.41) is 5.18. The second kappa shape index (κ2) is 9.15. The van der Waals surface area contributed by atoms with E-state index in [4.69, 9.17) is 9.47 Å². The first-order valence-electron chi connectivity index (χ1n) is 8.18. The highest BCUT2D eigenvalue weighted by Crippen LogP contribution is 2.14. The Morgan fingerprint density at radius 2 is 1.79 bits per heavy atom. The predicted octanol–water partition coefficient (Wildman–Crippen LogP) is 2.66. The molecule has 134 valence electrons. The van der Waals surface area contributed by atoms with Crippen LogP contribution in [0.1, 0.15) is 39.7 Å². The van der Waals surface area contributed by atoms with Crippen LogP contribution in [0.2, 0.25) is 0 Å². The van der Waals surface area contributed by atoms with E-state index in [1.165, 1.54) is 7.05 Å². The van der Waals surface area contributed by atoms with Gasteiger partial charge >= 0.3 is 6.09 Å². The number of carbonyl (C=O) groups excluding carboxylic acids is 2. The first kappa shape index (κ1) is 19.8. The Morgan fingerprint density at radius 3 is 2.29 bits per heavy atom. The number of hydrogen-bond donors (Lipinski definition) is 2. The molecule has 0 bridgehead atoms. The van der Waals surface area contributed by atoms with E-state index in [-0.39, 0.29) is 5.91 Å². The van der Waals surface area contributed by atoms with Crippen LogP contribution < -0.4 is 15.4 Å². The number of amides is 2. The fourth-order valence-electron chi connectivity index (χ4n) is 2.01. The van der Waals surface area contributed by atoms with Gasteiger partial charge in [-0.05, 0) is 44.9 Å². The summed E-state index contributed by atoms with van der Waals surface area (Å²) in [7, 11) is 1.54. The topological polar surface area (TPSA) is 76.7 Å². The van der Waals surface area contributed by atoms with Gasteiger partial charge in [-0.2, -0.15) is 0 Å². The molecule has 1 aromatic carbocycles. The lowest BCUT2D eigenvalue weighted by Crippen LogP contribution is -2.48. The lowest BCUT2D eigenvalue weighted by molar-refractivity contribution is -0.122. The van der Waals surface area contributed by atoms with Gasteiger partial charge in [0.25, 0.3) is 0 Å². The molecule has 1 rings (SSSR count). The van der Waals surface area contributed by atoms with Gasteiger partial charge in [-0.25, -0.2) is 4.79 Å². The zero-order valence-electron chi connectivity index (χ0n) is 15.1. The Bertz CT molecular complexity index is 535. The molecule has 6 nitrogen and oxygen atoms in total. The van der Waals surface area contributed by atoms with Crippen molar-refractivity contribution in [3.05, 3.63) is 29.8 Å². The van der Waals surface area contributed by atoms with Gasteiger partial charge in [0.05, 0.1) is 6.61 Å². The van der Waals surface area contributed by atoms with Gasteiger partial charge in [-0.15, -0.1) is 0 Å². The molecule has 2 amide bonds. The van der Waals surface area contributed by atoms with Crippen LogP contribution in [0.25, 0.3) is 0 Å². The summed E-state index contributed by atoms with van der Waals surface area (Å²) in [5.74, 6) is 0.518. The molecule has 0 aromatic heterocycles. The summed E-state index contributed by atoms with van der Waals surface area (Å²) in [6.07, 6.45) is 0.701. The number of ether oxygens (including phenoxy) is 2. The van der Waals surface area contributed by atoms with Crippen LogP contribution >= 0.6 is 0 Å². The third-order valence-corrected chi connectivity index (χ3v) is 3.09. The van der Waals surface area contributed by atoms with Crippen molar-refractivity contribution in [2.45, 2.75) is 52.2 Å². The van der Waals surface area contributed by atoms with Gasteiger partial charge in [0.2, 0.25) is 5.91 Å². The largest absolute Gasteiger partial charge is 0.494 e. The molecule has 1 atom stereocenters. The molecule has 0 unspecified atom stereocenters. The molecule has 2 N–H and O–H groups in total. The van der Waals surface area contributed by atoms with Gasteiger partial charge in [0.15, 0.2) is 0 Å². The van der Waals surface area contributed by atoms with Crippen LogP contribution in [-0.2, 0) is 16.0 Å². The Labute approximate surface area is 143 Å². The molecule has 0 fully saturated rings. The number of rotatable bonds is 7. The third kappa shape index (κ3) is 7.35. The standard InChI is InChI=1S/C18H28N2O4/c1-6-11-23-14-9-7-13(8-10-14)12-15(16(21)19-5)20-17(22)24-18(2,3)4/h7-10,15H,6,11-12H2,1-5H3,(H,19,21)(H,20,22)/t15-/m0/s1. The van der Waals surface area contributed by atoms with Gasteiger partial charge in [-0.1, -0.05) is 19.1 Å². The zero-order valence-corrected chi connectivity index (χ0v) is 15.1. The molecular weight excluding hydrogens is 308 g/mol. The van der Waals surface area contributed by atoms with E-state index >= 15 is 0 Å². The molecule has 0 saturated heterocycles. The first-order chi connectivity index (χ1) is 11.2. The van der Waals surface area contributed by atoms with Crippen LogP contribution in [0.4, 0.5) is 4.79 Å². The molecule has 0 aliphatic rings. The molecule has 0 saturated carbocycles. The highest BCUT2D eigenvalue weighted by atomic mass is 16.6. The van der Waals surface area contributed by atoms with Crippen LogP contribution in [-0.4, -0.2) is 37.3 Å². The molecular formula is C18H28N2O4. The first-order valence-corrected chi connectivity index (χ1v) is 8.18. The predicted molar refractivity (Wildman–Crippen MR) is 93.2 cm³/mol. The lowest BCUT2D eigenvalue weighted by atomic mass is 10.1. The smallest absolute Gasteiger partial charge is 0.408 e. The van der Waals surface area contributed by atoms with Crippen molar-refractivity contribution in [1.82, 2.24) is 10.6 Å². The average Bonchev–Trinajstić information content (AvgIpc) is 2.51. The SMILES string of the molecule is CCCOc1ccc(C[C@H](NC(=O)OC(C)(C)C)C(=O)NC)cc1. The van der Waals surface area contributed by atoms with Crippen molar-refractivity contribution in [1.29, 1.82) is 0 Å². The Balaban J connectivity index is 2.72. The number of nitrogens with one attached hydrogen (secondary N) is 2. The van der Waals surface area contributed by atoms with Crippen molar-refractivity contribution in [2.75, 3.05) is 13.7 Å². The fraction of sp³-hybridized carbons (Fsp3) is 0.556. The molecule has 0 radical (unpaired) electrons. The van der Waals surface area contributed by atoms with E-state index in [1.807, 2.05) is 31.2 Å². The maximum Gasteiger partial charge on any atom is 0.408 e. The van der Waals surface area contributed by atoms with E-state index in [0.29, 0.717) is 13.0 Å². The van der Waals surface area contributed by atoms with Crippen LogP contribution in [0.15, 0.2) is 24.3 Å². The molecule has 24 heavy (non-hydrogen) atoms. The van der Waals surface area contributed by atoms with Gasteiger partial charge < -0.3 is 20.1 Å². The van der Waals surface area contributed by atoms with Crippen LogP contribution in [0.5, 0.6) is 5.75 Å². The lowest BCUT2D eigenvalue weighted by Gasteiger charge is -2.23. The Hall–Kier alpha value is -2.24. The van der Waals surface area contributed by atoms with E-state index < -0.39 is 17.7 Å². The summed E-state index contributed by atoms with van der Waals surface area (Å²) in [4.78, 5) is 23.9. The van der Waals surface area contributed by atoms with Crippen LogP contribution in [0, 0.1) is 0 Å². The van der Waals surface area contributed by atoms with E-state index in [0.717, 1.165) is 17.7 Å². The summed E-state index contributed by atoms with van der Waals surface area (Å²) >= 11 is 0. The summed E-state index contributed by atoms with van der Waals surface area (Å²) in [5.41, 5.74) is 0.304. The molecule has 6 heteroatoms. The highest BCUT2D eigenvalue weighted by Gasteiger charge is 2.23. The summed E-state index contributed by atoms with van der Waals surface area (Å²) < 4.78 is 10.7. The fourth-order valence-corrected chi connectivity index (χ4v) is 2.01. The number of hydrogen-bond acceptors (Lipinski definition) is 4. The van der Waals surface area contributed by atoms with Crippen molar-refractivity contribution in [3.8, 4) is 5.75 Å². The van der Waals surface area contributed by atoms with Gasteiger partial charge in [-0.3, -0.25) is 4.79 Å². The van der Waals surface area contributed by atoms with E-state index in [9.17, 15) is 9.59 Å². The van der Waals surface area contributed by atoms with Gasteiger partial charge in [0.1, 0.15) is 17.4 Å². The zero-order chi connectivity index (χ0) is 18.2. The number of carbonyl (C=O) groups is 2. The minimum absolute atomic E-state index is 0.271. The highest BCUT2D eigenvalue weighted by molar-refractivity contribution is 5.85. The summed E-state index contributed by atoms with van der Waals surface area (Å²) in [6, 6.07) is 6.79.